The van der Waals surface area contributed by atoms with Crippen LogP contribution in [0.2, 0.25) is 0 Å². The second-order valence-electron chi connectivity index (χ2n) is 8.11. The van der Waals surface area contributed by atoms with Crippen LogP contribution in [0.1, 0.15) is 22.3 Å². The summed E-state index contributed by atoms with van der Waals surface area (Å²) in [5.74, 6) is -0.240. The first-order chi connectivity index (χ1) is 16.0. The van der Waals surface area contributed by atoms with Gasteiger partial charge in [-0.05, 0) is 54.1 Å². The average molecular weight is 517 g/mol. The summed E-state index contributed by atoms with van der Waals surface area (Å²) in [4.78, 5) is 27.5. The summed E-state index contributed by atoms with van der Waals surface area (Å²) in [7, 11) is 0. The molecule has 0 unspecified atom stereocenters. The quantitative estimate of drug-likeness (QED) is 0.268. The van der Waals surface area contributed by atoms with Crippen molar-refractivity contribution < 1.29 is 9.59 Å². The minimum Gasteiger partial charge on any atom is -0.342 e. The minimum absolute atomic E-state index is 0.230. The van der Waals surface area contributed by atoms with Crippen molar-refractivity contribution in [3.8, 4) is 0 Å². The zero-order chi connectivity index (χ0) is 22.9. The monoisotopic (exact) mass is 516 g/mol. The fourth-order valence-electron chi connectivity index (χ4n) is 4.08. The molecule has 3 aromatic carbocycles. The van der Waals surface area contributed by atoms with E-state index in [-0.39, 0.29) is 17.7 Å². The predicted octanol–water partition coefficient (Wildman–Crippen LogP) is 7.00. The zero-order valence-electron chi connectivity index (χ0n) is 18.0. The molecule has 0 radical (unpaired) electrons. The molecule has 1 aliphatic heterocycles. The Morgan fingerprint density at radius 1 is 0.909 bits per heavy atom. The van der Waals surface area contributed by atoms with Gasteiger partial charge in [-0.3, -0.25) is 14.5 Å². The van der Waals surface area contributed by atoms with E-state index in [0.717, 1.165) is 50.4 Å². The Morgan fingerprint density at radius 3 is 2.48 bits per heavy atom. The molecule has 6 heteroatoms. The van der Waals surface area contributed by atoms with Crippen LogP contribution >= 0.6 is 27.7 Å². The molecule has 1 saturated heterocycles. The first-order valence-corrected chi connectivity index (χ1v) is 12.2. The molecule has 0 spiro atoms. The predicted molar refractivity (Wildman–Crippen MR) is 138 cm³/mol. The Hall–Kier alpha value is -3.09. The number of thioether (sulfide) groups is 1. The number of rotatable bonds is 5. The number of benzene rings is 3. The molecular weight excluding hydrogens is 496 g/mol. The van der Waals surface area contributed by atoms with Gasteiger partial charge < -0.3 is 4.57 Å². The van der Waals surface area contributed by atoms with E-state index >= 15 is 0 Å². The second kappa shape index (κ2) is 9.04. The van der Waals surface area contributed by atoms with Gasteiger partial charge in [-0.2, -0.15) is 0 Å². The molecule has 5 rings (SSSR count). The number of aryl methyl sites for hydroxylation is 1. The Balaban J connectivity index is 1.45. The maximum Gasteiger partial charge on any atom is 0.293 e. The van der Waals surface area contributed by atoms with Crippen LogP contribution in [0.4, 0.5) is 4.79 Å². The summed E-state index contributed by atoms with van der Waals surface area (Å²) in [5.41, 5.74) is 5.26. The van der Waals surface area contributed by atoms with Crippen LogP contribution in [0.25, 0.3) is 17.0 Å². The fraction of sp³-hybridized carbons (Fsp3) is 0.111. The molecule has 33 heavy (non-hydrogen) atoms. The van der Waals surface area contributed by atoms with E-state index in [1.54, 1.807) is 0 Å². The van der Waals surface area contributed by atoms with Gasteiger partial charge in [-0.1, -0.05) is 76.1 Å². The molecule has 0 atom stereocenters. The number of imide groups is 1. The van der Waals surface area contributed by atoms with E-state index < -0.39 is 0 Å². The number of nitrogens with zero attached hydrogens (tertiary/aromatic N) is 2. The van der Waals surface area contributed by atoms with Crippen molar-refractivity contribution in [2.24, 2.45) is 0 Å². The van der Waals surface area contributed by atoms with Crippen molar-refractivity contribution in [3.63, 3.8) is 0 Å². The molecule has 0 N–H and O–H groups in total. The highest BCUT2D eigenvalue weighted by atomic mass is 79.9. The molecule has 164 valence electrons. The fourth-order valence-corrected chi connectivity index (χ4v) is 5.17. The smallest absolute Gasteiger partial charge is 0.293 e. The highest BCUT2D eigenvalue weighted by Gasteiger charge is 2.35. The van der Waals surface area contributed by atoms with Gasteiger partial charge in [0, 0.05) is 33.7 Å². The third-order valence-electron chi connectivity index (χ3n) is 5.67. The van der Waals surface area contributed by atoms with Crippen LogP contribution in [-0.4, -0.2) is 20.6 Å². The summed E-state index contributed by atoms with van der Waals surface area (Å²) in [6.07, 6.45) is 3.91. The minimum atomic E-state index is -0.240. The first-order valence-electron chi connectivity index (χ1n) is 10.6. The van der Waals surface area contributed by atoms with E-state index in [1.165, 1.54) is 10.5 Å². The van der Waals surface area contributed by atoms with Crippen molar-refractivity contribution in [2.45, 2.75) is 20.0 Å². The largest absolute Gasteiger partial charge is 0.342 e. The summed E-state index contributed by atoms with van der Waals surface area (Å²) in [6, 6.07) is 24.3. The average Bonchev–Trinajstić information content (AvgIpc) is 3.28. The van der Waals surface area contributed by atoms with Gasteiger partial charge in [-0.15, -0.1) is 0 Å². The van der Waals surface area contributed by atoms with E-state index in [0.29, 0.717) is 4.91 Å². The summed E-state index contributed by atoms with van der Waals surface area (Å²) in [6.45, 7) is 3.01. The number of hydrogen-bond donors (Lipinski definition) is 0. The summed E-state index contributed by atoms with van der Waals surface area (Å²) in [5, 5.41) is 0.825. The third-order valence-corrected chi connectivity index (χ3v) is 7.10. The topological polar surface area (TPSA) is 42.3 Å². The molecular formula is C27H21BrN2O2S. The van der Waals surface area contributed by atoms with Gasteiger partial charge in [0.05, 0.1) is 11.4 Å². The van der Waals surface area contributed by atoms with Crippen molar-refractivity contribution in [1.82, 2.24) is 9.47 Å². The number of para-hydroxylation sites is 1. The maximum absolute atomic E-state index is 13.1. The van der Waals surface area contributed by atoms with Crippen LogP contribution in [0.5, 0.6) is 0 Å². The number of carbonyl (C=O) groups is 2. The molecule has 1 aromatic heterocycles. The number of carbonyl (C=O) groups excluding carboxylic acids is 2. The van der Waals surface area contributed by atoms with Crippen LogP contribution in [0.3, 0.4) is 0 Å². The van der Waals surface area contributed by atoms with E-state index in [4.69, 9.17) is 0 Å². The molecule has 0 bridgehead atoms. The highest BCUT2D eigenvalue weighted by molar-refractivity contribution is 9.10. The maximum atomic E-state index is 13.1. The van der Waals surface area contributed by atoms with E-state index in [1.807, 2.05) is 61.5 Å². The number of halogens is 1. The molecule has 1 aliphatic rings. The lowest BCUT2D eigenvalue weighted by molar-refractivity contribution is -0.123. The zero-order valence-corrected chi connectivity index (χ0v) is 20.4. The first kappa shape index (κ1) is 21.7. The lowest BCUT2D eigenvalue weighted by atomic mass is 10.1. The molecule has 0 aliphatic carbocycles. The molecule has 2 heterocycles. The van der Waals surface area contributed by atoms with Gasteiger partial charge in [0.1, 0.15) is 0 Å². The lowest BCUT2D eigenvalue weighted by Gasteiger charge is -2.12. The van der Waals surface area contributed by atoms with Crippen LogP contribution in [0, 0.1) is 6.92 Å². The summed E-state index contributed by atoms with van der Waals surface area (Å²) < 4.78 is 3.23. The lowest BCUT2D eigenvalue weighted by Crippen LogP contribution is -2.27. The van der Waals surface area contributed by atoms with Crippen molar-refractivity contribution in [3.05, 3.63) is 111 Å². The van der Waals surface area contributed by atoms with Gasteiger partial charge >= 0.3 is 0 Å². The van der Waals surface area contributed by atoms with Crippen molar-refractivity contribution in [1.29, 1.82) is 0 Å². The summed E-state index contributed by atoms with van der Waals surface area (Å²) >= 11 is 4.49. The second-order valence-corrected chi connectivity index (χ2v) is 10.0. The van der Waals surface area contributed by atoms with Gasteiger partial charge in [0.2, 0.25) is 0 Å². The third kappa shape index (κ3) is 4.54. The van der Waals surface area contributed by atoms with Gasteiger partial charge in [-0.25, -0.2) is 0 Å². The molecule has 0 saturated carbocycles. The standard InChI is InChI=1S/C27H21BrN2O2S/c1-18-5-4-6-20(13-18)16-30-26(31)25(33-27(30)32)14-21-17-29(24-8-3-2-7-23(21)24)15-19-9-11-22(28)12-10-19/h2-14,17H,15-16H2,1H3/b25-14-. The van der Waals surface area contributed by atoms with Crippen molar-refractivity contribution >= 4 is 55.8 Å². The Kier molecular flexibility index (Phi) is 5.96. The number of aromatic nitrogens is 1. The number of amides is 2. The normalized spacial score (nSPS) is 15.2. The van der Waals surface area contributed by atoms with Gasteiger partial charge in [0.15, 0.2) is 0 Å². The van der Waals surface area contributed by atoms with Gasteiger partial charge in [0.25, 0.3) is 11.1 Å². The number of fused-ring (bicyclic) bond motifs is 1. The molecule has 1 fully saturated rings. The van der Waals surface area contributed by atoms with Crippen LogP contribution in [0.15, 0.2) is 88.4 Å². The molecule has 4 aromatic rings. The SMILES string of the molecule is Cc1cccc(CN2C(=O)S/C(=C\c3cn(Cc4ccc(Br)cc4)c4ccccc34)C2=O)c1. The van der Waals surface area contributed by atoms with Crippen LogP contribution < -0.4 is 0 Å². The van der Waals surface area contributed by atoms with Crippen LogP contribution in [-0.2, 0) is 17.9 Å². The Labute approximate surface area is 205 Å². The van der Waals surface area contributed by atoms with Crippen molar-refractivity contribution in [2.75, 3.05) is 0 Å². The Bertz CT molecular complexity index is 1410. The number of hydrogen-bond acceptors (Lipinski definition) is 3. The van der Waals surface area contributed by atoms with E-state index in [9.17, 15) is 9.59 Å². The highest BCUT2D eigenvalue weighted by Crippen LogP contribution is 2.35. The Morgan fingerprint density at radius 2 is 1.70 bits per heavy atom. The molecule has 4 nitrogen and oxygen atoms in total. The molecule has 2 amide bonds. The van der Waals surface area contributed by atoms with E-state index in [2.05, 4.69) is 51.0 Å².